The van der Waals surface area contributed by atoms with Gasteiger partial charge in [-0.1, -0.05) is 87.0 Å². The van der Waals surface area contributed by atoms with Gasteiger partial charge in [-0.05, 0) is 62.1 Å². The maximum Gasteiger partial charge on any atom is 0.338 e. The molecule has 0 radical (unpaired) electrons. The van der Waals surface area contributed by atoms with Crippen LogP contribution >= 0.6 is 46.4 Å². The molecule has 4 saturated heterocycles. The summed E-state index contributed by atoms with van der Waals surface area (Å²) in [4.78, 5) is 12.5. The van der Waals surface area contributed by atoms with Gasteiger partial charge in [-0.15, -0.1) is 0 Å². The van der Waals surface area contributed by atoms with Crippen molar-refractivity contribution in [3.8, 4) is 22.5 Å². The summed E-state index contributed by atoms with van der Waals surface area (Å²) in [5.74, 6) is 1.95. The molecule has 62 heavy (non-hydrogen) atoms. The van der Waals surface area contributed by atoms with Crippen molar-refractivity contribution in [1.29, 1.82) is 0 Å². The number of carbonyl (C=O) groups excluding carboxylic acids is 1. The minimum atomic E-state index is -0.598. The summed E-state index contributed by atoms with van der Waals surface area (Å²) < 4.78 is 52.6. The van der Waals surface area contributed by atoms with E-state index in [1.165, 1.54) is 0 Å². The molecule has 13 nitrogen and oxygen atoms in total. The molecule has 2 saturated carbocycles. The number of aliphatic hydroxyl groups excluding tert-OH is 1. The summed E-state index contributed by atoms with van der Waals surface area (Å²) >= 11 is 25.7. The van der Waals surface area contributed by atoms with E-state index in [9.17, 15) is 9.90 Å². The second-order valence-electron chi connectivity index (χ2n) is 16.3. The van der Waals surface area contributed by atoms with Crippen LogP contribution in [0, 0.1) is 0 Å². The standard InChI is InChI=1S/C26H23Cl2NO6.C19H19Cl2NO5/c27-17-7-4-8-18(28)21(17)22-16(23(35-29-22)14-9-10-14)11-31-19-12-32-25-20(13-33-24(19)25)34-26(30)15-5-2-1-3-6-15;20-11-2-1-3-12(21)15(11)16-10(17(27-22-16)9-4-5-9)6-24-14-8-26-18-13(23)7-25-19(14)18/h1-8,14,19-20,24-25H,9-13H2;1-3,9,13-14,18-19,23H,4-8H2/t19-,20-,24+,25+;13-,14+,18-,19-/m01/s1. The Morgan fingerprint density at radius 2 is 1.02 bits per heavy atom. The highest BCUT2D eigenvalue weighted by atomic mass is 35.5. The summed E-state index contributed by atoms with van der Waals surface area (Å²) in [7, 11) is 0. The molecule has 17 heteroatoms. The molecule has 0 amide bonds. The molecule has 6 aliphatic rings. The lowest BCUT2D eigenvalue weighted by Gasteiger charge is -2.18. The van der Waals surface area contributed by atoms with Crippen molar-refractivity contribution in [2.24, 2.45) is 0 Å². The van der Waals surface area contributed by atoms with E-state index in [0.29, 0.717) is 79.8 Å². The van der Waals surface area contributed by atoms with Crippen LogP contribution in [0.4, 0.5) is 0 Å². The van der Waals surface area contributed by atoms with Gasteiger partial charge in [0.25, 0.3) is 0 Å². The van der Waals surface area contributed by atoms with Crippen molar-refractivity contribution in [2.45, 2.75) is 99.6 Å². The molecule has 6 fully saturated rings. The van der Waals surface area contributed by atoms with Crippen molar-refractivity contribution in [3.63, 3.8) is 0 Å². The Hall–Kier alpha value is -3.57. The fourth-order valence-electron chi connectivity index (χ4n) is 8.52. The second-order valence-corrected chi connectivity index (χ2v) is 17.9. The van der Waals surface area contributed by atoms with E-state index in [1.54, 1.807) is 60.7 Å². The fraction of sp³-hybridized carbons (Fsp3) is 0.444. The molecule has 2 aliphatic carbocycles. The van der Waals surface area contributed by atoms with Crippen LogP contribution in [0.15, 0.2) is 75.8 Å². The average Bonchev–Trinajstić information content (AvgIpc) is 3.94. The van der Waals surface area contributed by atoms with Crippen molar-refractivity contribution >= 4 is 52.4 Å². The number of benzene rings is 3. The van der Waals surface area contributed by atoms with Crippen LogP contribution in [-0.2, 0) is 46.4 Å². The third-order valence-corrected chi connectivity index (χ3v) is 13.3. The van der Waals surface area contributed by atoms with E-state index in [-0.39, 0.29) is 56.4 Å². The van der Waals surface area contributed by atoms with Gasteiger partial charge >= 0.3 is 5.97 Å². The van der Waals surface area contributed by atoms with Gasteiger partial charge in [0, 0.05) is 34.1 Å². The molecule has 1 N–H and O–H groups in total. The van der Waals surface area contributed by atoms with Gasteiger partial charge in [0.15, 0.2) is 6.10 Å². The minimum Gasteiger partial charge on any atom is -0.453 e. The average molecular weight is 929 g/mol. The quantitative estimate of drug-likeness (QED) is 0.119. The van der Waals surface area contributed by atoms with Crippen molar-refractivity contribution in [2.75, 3.05) is 26.4 Å². The summed E-state index contributed by atoms with van der Waals surface area (Å²) in [5.41, 5.74) is 4.71. The number of rotatable bonds is 12. The highest BCUT2D eigenvalue weighted by Gasteiger charge is 2.51. The first-order valence-corrected chi connectivity index (χ1v) is 22.2. The third-order valence-electron chi connectivity index (χ3n) is 12.0. The van der Waals surface area contributed by atoms with Gasteiger partial charge in [-0.3, -0.25) is 0 Å². The second kappa shape index (κ2) is 18.1. The molecule has 326 valence electrons. The summed E-state index contributed by atoms with van der Waals surface area (Å²) in [6, 6.07) is 19.6. The zero-order valence-corrected chi connectivity index (χ0v) is 36.2. The maximum absolute atomic E-state index is 12.5. The number of ether oxygens (including phenoxy) is 7. The van der Waals surface area contributed by atoms with Crippen LogP contribution in [0.25, 0.3) is 22.5 Å². The number of carbonyl (C=O) groups is 1. The summed E-state index contributed by atoms with van der Waals surface area (Å²) in [5, 5.41) is 20.5. The lowest BCUT2D eigenvalue weighted by molar-refractivity contribution is -0.0473. The number of esters is 1. The van der Waals surface area contributed by atoms with E-state index in [1.807, 2.05) is 6.07 Å². The lowest BCUT2D eigenvalue weighted by atomic mass is 10.0. The topological polar surface area (TPSA) is 154 Å². The van der Waals surface area contributed by atoms with E-state index in [2.05, 4.69) is 10.3 Å². The molecular weight excluding hydrogens is 886 g/mol. The molecule has 0 bridgehead atoms. The molecular formula is C45H42Cl4N2O11. The zero-order valence-electron chi connectivity index (χ0n) is 33.1. The highest BCUT2D eigenvalue weighted by molar-refractivity contribution is 6.39. The maximum atomic E-state index is 12.5. The molecule has 0 unspecified atom stereocenters. The Morgan fingerprint density at radius 1 is 0.581 bits per heavy atom. The number of aliphatic hydroxyl groups is 1. The molecule has 11 rings (SSSR count). The first kappa shape index (κ1) is 42.4. The zero-order chi connectivity index (χ0) is 42.5. The van der Waals surface area contributed by atoms with Crippen LogP contribution in [0.1, 0.15) is 70.5 Å². The van der Waals surface area contributed by atoms with Gasteiger partial charge in [0.05, 0.1) is 65.3 Å². The molecule has 3 aromatic carbocycles. The smallest absolute Gasteiger partial charge is 0.338 e. The Kier molecular flexibility index (Phi) is 12.4. The van der Waals surface area contributed by atoms with Crippen LogP contribution in [0.5, 0.6) is 0 Å². The van der Waals surface area contributed by atoms with Gasteiger partial charge < -0.3 is 47.3 Å². The third kappa shape index (κ3) is 8.55. The predicted molar refractivity (Wildman–Crippen MR) is 226 cm³/mol. The number of aromatic nitrogens is 2. The van der Waals surface area contributed by atoms with Crippen molar-refractivity contribution in [1.82, 2.24) is 10.3 Å². The van der Waals surface area contributed by atoms with E-state index < -0.39 is 18.2 Å². The number of hydrogen-bond acceptors (Lipinski definition) is 13. The van der Waals surface area contributed by atoms with Crippen molar-refractivity contribution in [3.05, 3.63) is 115 Å². The molecule has 8 atom stereocenters. The van der Waals surface area contributed by atoms with Crippen LogP contribution in [0.2, 0.25) is 20.1 Å². The van der Waals surface area contributed by atoms with Crippen LogP contribution in [0.3, 0.4) is 0 Å². The molecule has 2 aromatic heterocycles. The highest BCUT2D eigenvalue weighted by Crippen LogP contribution is 2.48. The lowest BCUT2D eigenvalue weighted by Crippen LogP contribution is -2.35. The van der Waals surface area contributed by atoms with Gasteiger partial charge in [0.1, 0.15) is 65.6 Å². The number of fused-ring (bicyclic) bond motifs is 2. The molecule has 0 spiro atoms. The Bertz CT molecular complexity index is 2370. The fourth-order valence-corrected chi connectivity index (χ4v) is 9.67. The van der Waals surface area contributed by atoms with Crippen molar-refractivity contribution < 1.29 is 52.1 Å². The first-order chi connectivity index (χ1) is 30.2. The van der Waals surface area contributed by atoms with Gasteiger partial charge in [0.2, 0.25) is 0 Å². The molecule has 6 heterocycles. The SMILES string of the molecule is O=C(O[C@H]1CO[C@H]2[C@@H]1OC[C@@H]2OCc1c(-c2c(Cl)cccc2Cl)noc1C1CC1)c1ccccc1.O[C@@H]1CO[C@H]2[C@@H]1OC[C@@H]2OCc1c(-c2c(Cl)cccc2Cl)noc1C1CC1. The Labute approximate surface area is 376 Å². The van der Waals surface area contributed by atoms with Gasteiger partial charge in [-0.2, -0.15) is 0 Å². The Morgan fingerprint density at radius 3 is 1.52 bits per heavy atom. The summed E-state index contributed by atoms with van der Waals surface area (Å²) in [6.45, 7) is 1.80. The largest absolute Gasteiger partial charge is 0.453 e. The van der Waals surface area contributed by atoms with Crippen LogP contribution in [-0.4, -0.2) is 96.6 Å². The first-order valence-electron chi connectivity index (χ1n) is 20.7. The number of hydrogen-bond donors (Lipinski definition) is 1. The van der Waals surface area contributed by atoms with Crippen LogP contribution < -0.4 is 0 Å². The monoisotopic (exact) mass is 926 g/mol. The Balaban J connectivity index is 0.000000153. The minimum absolute atomic E-state index is 0.247. The predicted octanol–water partition coefficient (Wildman–Crippen LogP) is 9.00. The van der Waals surface area contributed by atoms with E-state index >= 15 is 0 Å². The van der Waals surface area contributed by atoms with Gasteiger partial charge in [-0.25, -0.2) is 4.79 Å². The molecule has 5 aromatic rings. The summed E-state index contributed by atoms with van der Waals surface area (Å²) in [6.07, 6.45) is 1.30. The normalized spacial score (nSPS) is 27.5. The van der Waals surface area contributed by atoms with E-state index in [4.69, 9.17) is 88.6 Å². The van der Waals surface area contributed by atoms with E-state index in [0.717, 1.165) is 48.3 Å². The molecule has 4 aliphatic heterocycles. The number of nitrogens with zero attached hydrogens (tertiary/aromatic N) is 2. The number of halogens is 4.